The molecule has 1 aromatic heterocycles. The van der Waals surface area contributed by atoms with Crippen molar-refractivity contribution in [3.05, 3.63) is 42.0 Å². The minimum Gasteiger partial charge on any atom is -0.493 e. The number of fused-ring (bicyclic) bond motifs is 1. The van der Waals surface area contributed by atoms with E-state index < -0.39 is 0 Å². The van der Waals surface area contributed by atoms with E-state index in [1.165, 1.54) is 0 Å². The van der Waals surface area contributed by atoms with E-state index in [9.17, 15) is 4.79 Å². The lowest BCUT2D eigenvalue weighted by molar-refractivity contribution is -0.125. The number of aromatic nitrogens is 2. The van der Waals surface area contributed by atoms with Crippen molar-refractivity contribution in [3.63, 3.8) is 0 Å². The van der Waals surface area contributed by atoms with Crippen molar-refractivity contribution in [1.29, 1.82) is 0 Å². The van der Waals surface area contributed by atoms with E-state index >= 15 is 0 Å². The molecule has 1 atom stereocenters. The molecule has 0 radical (unpaired) electrons. The molecule has 1 aromatic carbocycles. The number of benzene rings is 1. The summed E-state index contributed by atoms with van der Waals surface area (Å²) in [5.74, 6) is 2.40. The second-order valence-electron chi connectivity index (χ2n) is 5.63. The largest absolute Gasteiger partial charge is 0.493 e. The van der Waals surface area contributed by atoms with Crippen LogP contribution >= 0.6 is 0 Å². The molecule has 1 unspecified atom stereocenters. The summed E-state index contributed by atoms with van der Waals surface area (Å²) in [7, 11) is 3.20. The molecule has 1 N–H and O–H groups in total. The van der Waals surface area contributed by atoms with Crippen LogP contribution in [-0.4, -0.2) is 29.7 Å². The molecule has 2 heterocycles. The van der Waals surface area contributed by atoms with Crippen LogP contribution in [0.15, 0.2) is 30.6 Å². The normalized spacial score (nSPS) is 16.5. The number of nitrogens with zero attached hydrogens (tertiary/aromatic N) is 2. The summed E-state index contributed by atoms with van der Waals surface area (Å²) in [6, 6.07) is 5.65. The molecular weight excluding hydrogens is 294 g/mol. The predicted molar refractivity (Wildman–Crippen MR) is 85.4 cm³/mol. The average molecular weight is 315 g/mol. The molecule has 23 heavy (non-hydrogen) atoms. The number of rotatable bonds is 5. The first kappa shape index (κ1) is 15.4. The van der Waals surface area contributed by atoms with Crippen LogP contribution in [0, 0.1) is 5.92 Å². The molecule has 2 aromatic rings. The van der Waals surface area contributed by atoms with Crippen LogP contribution in [0.2, 0.25) is 0 Å². The zero-order chi connectivity index (χ0) is 16.2. The lowest BCUT2D eigenvalue weighted by atomic mass is 9.97. The highest BCUT2D eigenvalue weighted by Gasteiger charge is 2.25. The maximum atomic E-state index is 12.4. The van der Waals surface area contributed by atoms with Crippen LogP contribution in [0.1, 0.15) is 17.8 Å². The Balaban J connectivity index is 1.59. The summed E-state index contributed by atoms with van der Waals surface area (Å²) in [5, 5.41) is 3.01. The second kappa shape index (κ2) is 6.73. The van der Waals surface area contributed by atoms with Gasteiger partial charge in [-0.3, -0.25) is 4.79 Å². The Kier molecular flexibility index (Phi) is 4.50. The van der Waals surface area contributed by atoms with Crippen LogP contribution in [0.5, 0.6) is 11.5 Å². The van der Waals surface area contributed by atoms with Gasteiger partial charge in [0.2, 0.25) is 5.91 Å². The van der Waals surface area contributed by atoms with Crippen LogP contribution < -0.4 is 14.8 Å². The Hall–Kier alpha value is -2.50. The highest BCUT2D eigenvalue weighted by atomic mass is 16.5. The van der Waals surface area contributed by atoms with E-state index in [1.54, 1.807) is 20.4 Å². The molecule has 6 heteroatoms. The SMILES string of the molecule is COc1ccc(CNC(=O)C2CCn3ccnc3C2)cc1OC. The van der Waals surface area contributed by atoms with Gasteiger partial charge in [0.05, 0.1) is 14.2 Å². The van der Waals surface area contributed by atoms with E-state index in [0.29, 0.717) is 24.5 Å². The number of ether oxygens (including phenoxy) is 2. The number of imidazole rings is 1. The van der Waals surface area contributed by atoms with E-state index in [4.69, 9.17) is 9.47 Å². The van der Waals surface area contributed by atoms with Gasteiger partial charge in [-0.25, -0.2) is 4.98 Å². The number of methoxy groups -OCH3 is 2. The Bertz CT molecular complexity index is 696. The van der Waals surface area contributed by atoms with Crippen LogP contribution in [-0.2, 0) is 24.3 Å². The quantitative estimate of drug-likeness (QED) is 0.913. The van der Waals surface area contributed by atoms with Gasteiger partial charge in [0.25, 0.3) is 0 Å². The topological polar surface area (TPSA) is 65.4 Å². The fourth-order valence-electron chi connectivity index (χ4n) is 2.90. The number of amides is 1. The highest BCUT2D eigenvalue weighted by molar-refractivity contribution is 5.79. The summed E-state index contributed by atoms with van der Waals surface area (Å²) in [5.41, 5.74) is 0.980. The van der Waals surface area contributed by atoms with Crippen molar-refractivity contribution >= 4 is 5.91 Å². The average Bonchev–Trinajstić information content (AvgIpc) is 3.06. The van der Waals surface area contributed by atoms with Crippen molar-refractivity contribution < 1.29 is 14.3 Å². The van der Waals surface area contributed by atoms with Gasteiger partial charge in [-0.15, -0.1) is 0 Å². The first-order chi connectivity index (χ1) is 11.2. The molecule has 6 nitrogen and oxygen atoms in total. The van der Waals surface area contributed by atoms with Gasteiger partial charge < -0.3 is 19.4 Å². The Morgan fingerprint density at radius 2 is 2.17 bits per heavy atom. The first-order valence-electron chi connectivity index (χ1n) is 7.70. The summed E-state index contributed by atoms with van der Waals surface area (Å²) >= 11 is 0. The Labute approximate surface area is 135 Å². The van der Waals surface area contributed by atoms with Gasteiger partial charge in [-0.1, -0.05) is 6.07 Å². The third-order valence-electron chi connectivity index (χ3n) is 4.23. The van der Waals surface area contributed by atoms with Gasteiger partial charge in [0.15, 0.2) is 11.5 Å². The van der Waals surface area contributed by atoms with Crippen molar-refractivity contribution in [2.45, 2.75) is 25.9 Å². The van der Waals surface area contributed by atoms with E-state index in [-0.39, 0.29) is 11.8 Å². The zero-order valence-corrected chi connectivity index (χ0v) is 13.4. The molecular formula is C17H21N3O3. The van der Waals surface area contributed by atoms with Crippen molar-refractivity contribution in [2.24, 2.45) is 5.92 Å². The molecule has 122 valence electrons. The van der Waals surface area contributed by atoms with Crippen molar-refractivity contribution in [2.75, 3.05) is 14.2 Å². The van der Waals surface area contributed by atoms with Crippen LogP contribution in [0.3, 0.4) is 0 Å². The van der Waals surface area contributed by atoms with E-state index in [0.717, 1.165) is 24.4 Å². The fraction of sp³-hybridized carbons (Fsp3) is 0.412. The van der Waals surface area contributed by atoms with Crippen molar-refractivity contribution in [3.8, 4) is 11.5 Å². The molecule has 1 amide bonds. The molecule has 3 rings (SSSR count). The maximum absolute atomic E-state index is 12.4. The van der Waals surface area contributed by atoms with Gasteiger partial charge in [-0.05, 0) is 24.1 Å². The Morgan fingerprint density at radius 3 is 2.96 bits per heavy atom. The minimum absolute atomic E-state index is 0.00922. The molecule has 1 aliphatic rings. The number of hydrogen-bond donors (Lipinski definition) is 1. The molecule has 0 saturated carbocycles. The summed E-state index contributed by atoms with van der Waals surface area (Å²) in [4.78, 5) is 16.7. The lowest BCUT2D eigenvalue weighted by Crippen LogP contribution is -2.35. The van der Waals surface area contributed by atoms with Crippen molar-refractivity contribution in [1.82, 2.24) is 14.9 Å². The number of carbonyl (C=O) groups is 1. The number of carbonyl (C=O) groups excluding carboxylic acids is 1. The summed E-state index contributed by atoms with van der Waals surface area (Å²) in [6.07, 6.45) is 5.30. The molecule has 0 bridgehead atoms. The smallest absolute Gasteiger partial charge is 0.223 e. The molecule has 0 spiro atoms. The number of nitrogens with one attached hydrogen (secondary N) is 1. The fourth-order valence-corrected chi connectivity index (χ4v) is 2.90. The molecule has 0 aliphatic carbocycles. The minimum atomic E-state index is -0.00922. The monoisotopic (exact) mass is 315 g/mol. The molecule has 0 saturated heterocycles. The van der Waals surface area contributed by atoms with E-state index in [1.807, 2.05) is 24.4 Å². The number of hydrogen-bond acceptors (Lipinski definition) is 4. The predicted octanol–water partition coefficient (Wildman–Crippen LogP) is 1.78. The summed E-state index contributed by atoms with van der Waals surface area (Å²) in [6.45, 7) is 1.33. The third kappa shape index (κ3) is 3.31. The van der Waals surface area contributed by atoms with Gasteiger partial charge >= 0.3 is 0 Å². The zero-order valence-electron chi connectivity index (χ0n) is 13.4. The third-order valence-corrected chi connectivity index (χ3v) is 4.23. The van der Waals surface area contributed by atoms with Crippen LogP contribution in [0.4, 0.5) is 0 Å². The van der Waals surface area contributed by atoms with E-state index in [2.05, 4.69) is 14.9 Å². The first-order valence-corrected chi connectivity index (χ1v) is 7.70. The summed E-state index contributed by atoms with van der Waals surface area (Å²) < 4.78 is 12.6. The van der Waals surface area contributed by atoms with Gasteiger partial charge in [0.1, 0.15) is 5.82 Å². The number of aryl methyl sites for hydroxylation is 1. The Morgan fingerprint density at radius 1 is 1.35 bits per heavy atom. The maximum Gasteiger partial charge on any atom is 0.223 e. The second-order valence-corrected chi connectivity index (χ2v) is 5.63. The highest BCUT2D eigenvalue weighted by Crippen LogP contribution is 2.27. The molecule has 1 aliphatic heterocycles. The van der Waals surface area contributed by atoms with Gasteiger partial charge in [-0.2, -0.15) is 0 Å². The van der Waals surface area contributed by atoms with Crippen LogP contribution in [0.25, 0.3) is 0 Å². The molecule has 0 fully saturated rings. The van der Waals surface area contributed by atoms with Gasteiger partial charge in [0, 0.05) is 37.8 Å². The standard InChI is InChI=1S/C17H21N3O3/c1-22-14-4-3-12(9-15(14)23-2)11-19-17(21)13-5-7-20-8-6-18-16(20)10-13/h3-4,6,8-9,13H,5,7,10-11H2,1-2H3,(H,19,21). The lowest BCUT2D eigenvalue weighted by Gasteiger charge is -2.22.